The van der Waals surface area contributed by atoms with Crippen LogP contribution in [0.3, 0.4) is 0 Å². The summed E-state index contributed by atoms with van der Waals surface area (Å²) in [7, 11) is 0. The molecule has 0 heterocycles. The first-order chi connectivity index (χ1) is 10.8. The number of carboxylic acid groups (broad SMARTS) is 1. The molecule has 0 amide bonds. The smallest absolute Gasteiger partial charge is 0.309 e. The molecule has 0 radical (unpaired) electrons. The van der Waals surface area contributed by atoms with Gasteiger partial charge in [0.05, 0.1) is 5.41 Å². The van der Waals surface area contributed by atoms with E-state index in [1.165, 1.54) is 5.57 Å². The van der Waals surface area contributed by atoms with Crippen LogP contribution in [-0.2, 0) is 9.59 Å². The molecule has 0 aromatic rings. The van der Waals surface area contributed by atoms with Gasteiger partial charge in [-0.2, -0.15) is 0 Å². The third kappa shape index (κ3) is 3.23. The number of carbonyl (C=O) groups excluding carboxylic acids is 1. The van der Waals surface area contributed by atoms with Crippen LogP contribution in [0.5, 0.6) is 0 Å². The van der Waals surface area contributed by atoms with Crippen molar-refractivity contribution in [1.82, 2.24) is 0 Å². The van der Waals surface area contributed by atoms with Crippen molar-refractivity contribution in [3.8, 4) is 0 Å². The monoisotopic (exact) mass is 322 g/mol. The normalized spacial score (nSPS) is 37.3. The first-order valence-corrected chi connectivity index (χ1v) is 8.79. The fraction of sp³-hybridized carbons (Fsp3) is 0.789. The van der Waals surface area contributed by atoms with E-state index in [-0.39, 0.29) is 29.6 Å². The Morgan fingerprint density at radius 1 is 1.30 bits per heavy atom. The Balaban J connectivity index is 2.19. The minimum absolute atomic E-state index is 0.0387. The van der Waals surface area contributed by atoms with Crippen LogP contribution < -0.4 is 0 Å². The average Bonchev–Trinajstić information content (AvgIpc) is 2.49. The highest BCUT2D eigenvalue weighted by Gasteiger charge is 2.57. The van der Waals surface area contributed by atoms with Crippen molar-refractivity contribution in [2.75, 3.05) is 6.61 Å². The number of allylic oxidation sites excluding steroid dienone is 1. The zero-order chi connectivity index (χ0) is 17.3. The lowest BCUT2D eigenvalue weighted by Crippen LogP contribution is -2.53. The first kappa shape index (κ1) is 18.2. The highest BCUT2D eigenvalue weighted by molar-refractivity contribution is 5.79. The molecule has 4 atom stereocenters. The molecule has 130 valence electrons. The number of carboxylic acids is 1. The summed E-state index contributed by atoms with van der Waals surface area (Å²) in [6.45, 7) is 8.03. The van der Waals surface area contributed by atoms with E-state index in [1.807, 2.05) is 6.92 Å². The number of aliphatic hydroxyl groups excluding tert-OH is 1. The fourth-order valence-electron chi connectivity index (χ4n) is 5.32. The fourth-order valence-corrected chi connectivity index (χ4v) is 5.32. The summed E-state index contributed by atoms with van der Waals surface area (Å²) >= 11 is 0. The maximum Gasteiger partial charge on any atom is 0.309 e. The summed E-state index contributed by atoms with van der Waals surface area (Å²) < 4.78 is 0. The van der Waals surface area contributed by atoms with Gasteiger partial charge in [-0.3, -0.25) is 9.59 Å². The van der Waals surface area contributed by atoms with Crippen molar-refractivity contribution in [1.29, 1.82) is 0 Å². The van der Waals surface area contributed by atoms with Gasteiger partial charge >= 0.3 is 5.97 Å². The highest BCUT2D eigenvalue weighted by Crippen LogP contribution is 2.61. The topological polar surface area (TPSA) is 74.6 Å². The van der Waals surface area contributed by atoms with Gasteiger partial charge in [0.2, 0.25) is 0 Å². The second-order valence-corrected chi connectivity index (χ2v) is 7.97. The molecule has 2 N–H and O–H groups in total. The van der Waals surface area contributed by atoms with Crippen LogP contribution in [0.4, 0.5) is 0 Å². The van der Waals surface area contributed by atoms with Gasteiger partial charge in [-0.15, -0.1) is 0 Å². The number of rotatable bonds is 6. The van der Waals surface area contributed by atoms with Crippen LogP contribution in [0.1, 0.15) is 65.2 Å². The van der Waals surface area contributed by atoms with Crippen LogP contribution >= 0.6 is 0 Å². The molecule has 0 aliphatic heterocycles. The Morgan fingerprint density at radius 2 is 2.00 bits per heavy atom. The molecule has 2 fully saturated rings. The van der Waals surface area contributed by atoms with E-state index in [0.29, 0.717) is 6.42 Å². The first-order valence-electron chi connectivity index (χ1n) is 8.79. The molecule has 0 saturated heterocycles. The molecule has 2 saturated carbocycles. The summed E-state index contributed by atoms with van der Waals surface area (Å²) in [6.07, 6.45) is 6.55. The van der Waals surface area contributed by atoms with Crippen LogP contribution in [-0.4, -0.2) is 28.6 Å². The summed E-state index contributed by atoms with van der Waals surface area (Å²) in [5.74, 6) is -0.334. The molecule has 0 aromatic heterocycles. The lowest BCUT2D eigenvalue weighted by atomic mass is 9.46. The predicted molar refractivity (Wildman–Crippen MR) is 89.0 cm³/mol. The van der Waals surface area contributed by atoms with Gasteiger partial charge in [0, 0.05) is 6.42 Å². The number of hydrogen-bond acceptors (Lipinski definition) is 3. The molecular formula is C19H30O4. The van der Waals surface area contributed by atoms with Gasteiger partial charge in [0.15, 0.2) is 5.78 Å². The number of Topliss-reactive ketones (excluding diaryl/α,β-unsaturated/α-hetero) is 1. The summed E-state index contributed by atoms with van der Waals surface area (Å²) in [5.41, 5.74) is 0.533. The number of aliphatic hydroxyl groups is 1. The van der Waals surface area contributed by atoms with Crippen LogP contribution in [0.25, 0.3) is 0 Å². The molecule has 23 heavy (non-hydrogen) atoms. The minimum Gasteiger partial charge on any atom is -0.481 e. The minimum atomic E-state index is -0.671. The van der Waals surface area contributed by atoms with Gasteiger partial charge in [-0.1, -0.05) is 25.5 Å². The van der Waals surface area contributed by atoms with Crippen molar-refractivity contribution in [2.45, 2.75) is 65.2 Å². The van der Waals surface area contributed by atoms with E-state index in [0.717, 1.165) is 44.9 Å². The van der Waals surface area contributed by atoms with Crippen molar-refractivity contribution in [3.63, 3.8) is 0 Å². The molecule has 4 heteroatoms. The zero-order valence-electron chi connectivity index (χ0n) is 14.4. The third-order valence-electron chi connectivity index (χ3n) is 6.63. The van der Waals surface area contributed by atoms with Gasteiger partial charge in [0.1, 0.15) is 6.61 Å². The number of ketones is 1. The number of fused-ring (bicyclic) bond motifs is 1. The van der Waals surface area contributed by atoms with E-state index < -0.39 is 11.4 Å². The molecule has 0 bridgehead atoms. The average molecular weight is 322 g/mol. The molecule has 2 rings (SSSR count). The van der Waals surface area contributed by atoms with E-state index >= 15 is 0 Å². The van der Waals surface area contributed by atoms with Crippen molar-refractivity contribution >= 4 is 11.8 Å². The van der Waals surface area contributed by atoms with Crippen LogP contribution in [0.2, 0.25) is 0 Å². The number of hydrogen-bond donors (Lipinski definition) is 2. The molecular weight excluding hydrogens is 292 g/mol. The molecule has 0 spiro atoms. The molecule has 2 aliphatic carbocycles. The summed E-state index contributed by atoms with van der Waals surface area (Å²) in [4.78, 5) is 23.2. The summed E-state index contributed by atoms with van der Waals surface area (Å²) in [5, 5.41) is 18.6. The van der Waals surface area contributed by atoms with Gasteiger partial charge in [-0.05, 0) is 62.7 Å². The van der Waals surface area contributed by atoms with Crippen LogP contribution in [0.15, 0.2) is 12.2 Å². The Morgan fingerprint density at radius 3 is 2.61 bits per heavy atom. The molecule has 0 aromatic carbocycles. The largest absolute Gasteiger partial charge is 0.481 e. The van der Waals surface area contributed by atoms with Crippen molar-refractivity contribution in [2.24, 2.45) is 22.7 Å². The molecule has 0 unspecified atom stereocenters. The van der Waals surface area contributed by atoms with Crippen molar-refractivity contribution < 1.29 is 19.8 Å². The molecule has 4 nitrogen and oxygen atoms in total. The predicted octanol–water partition coefficient (Wildman–Crippen LogP) is 3.58. The number of aliphatic carboxylic acids is 1. The zero-order valence-corrected chi connectivity index (χ0v) is 14.4. The lowest BCUT2D eigenvalue weighted by molar-refractivity contribution is -0.164. The van der Waals surface area contributed by atoms with Gasteiger partial charge < -0.3 is 10.2 Å². The lowest BCUT2D eigenvalue weighted by Gasteiger charge is -2.57. The summed E-state index contributed by atoms with van der Waals surface area (Å²) in [6, 6.07) is 0. The molecule has 2 aliphatic rings. The number of carbonyl (C=O) groups is 2. The Kier molecular flexibility index (Phi) is 5.34. The Hall–Kier alpha value is -1.16. The van der Waals surface area contributed by atoms with Crippen LogP contribution in [0, 0.1) is 22.7 Å². The maximum absolute atomic E-state index is 11.9. The highest BCUT2D eigenvalue weighted by atomic mass is 16.4. The second-order valence-electron chi connectivity index (χ2n) is 7.97. The Bertz CT molecular complexity index is 498. The van der Waals surface area contributed by atoms with E-state index in [9.17, 15) is 14.7 Å². The van der Waals surface area contributed by atoms with E-state index in [1.54, 1.807) is 0 Å². The quantitative estimate of drug-likeness (QED) is 0.733. The van der Waals surface area contributed by atoms with Crippen molar-refractivity contribution in [3.05, 3.63) is 12.2 Å². The SMILES string of the molecule is C=C1CC[C@@H]2[C@](C)(CCC[C@]2(C)C(=O)O)[C@H]1CCCC(=O)CO. The third-order valence-corrected chi connectivity index (χ3v) is 6.63. The Labute approximate surface area is 139 Å². The van der Waals surface area contributed by atoms with Gasteiger partial charge in [-0.25, -0.2) is 0 Å². The van der Waals surface area contributed by atoms with E-state index in [4.69, 9.17) is 5.11 Å². The second kappa shape index (κ2) is 6.76. The maximum atomic E-state index is 11.9. The standard InChI is InChI=1S/C19H30O4/c1-13-8-9-16-18(2,10-5-11-19(16,3)17(22)23)15(13)7-4-6-14(21)12-20/h15-16,20H,1,4-12H2,2-3H3,(H,22,23)/t15-,16+,18+,19-/m0/s1. The van der Waals surface area contributed by atoms with E-state index in [2.05, 4.69) is 13.5 Å². The van der Waals surface area contributed by atoms with Gasteiger partial charge in [0.25, 0.3) is 0 Å².